The van der Waals surface area contributed by atoms with Gasteiger partial charge < -0.3 is 15.4 Å². The van der Waals surface area contributed by atoms with E-state index >= 15 is 0 Å². The summed E-state index contributed by atoms with van der Waals surface area (Å²) in [7, 11) is 0. The van der Waals surface area contributed by atoms with Crippen LogP contribution in [0.1, 0.15) is 30.8 Å². The number of benzene rings is 1. The molecule has 3 N–H and O–H groups in total. The van der Waals surface area contributed by atoms with E-state index in [9.17, 15) is 14.3 Å². The first-order chi connectivity index (χ1) is 9.47. The summed E-state index contributed by atoms with van der Waals surface area (Å²) in [6.07, 6.45) is 0.0882. The lowest BCUT2D eigenvalue weighted by molar-refractivity contribution is 0.0916. The molecule has 0 aliphatic rings. The Labute approximate surface area is 117 Å². The number of carbonyl (C=O) groups is 1. The van der Waals surface area contributed by atoms with Gasteiger partial charge in [-0.05, 0) is 36.6 Å². The maximum atomic E-state index is 13.1. The van der Waals surface area contributed by atoms with Crippen LogP contribution in [0.25, 0.3) is 10.9 Å². The molecular formula is C15H19FN2O2. The predicted octanol–water partition coefficient (Wildman–Crippen LogP) is 2.44. The monoisotopic (exact) mass is 278 g/mol. The maximum Gasteiger partial charge on any atom is 0.267 e. The fourth-order valence-electron chi connectivity index (χ4n) is 1.99. The number of aromatic nitrogens is 1. The fraction of sp³-hybridized carbons (Fsp3) is 0.400. The Morgan fingerprint density at radius 3 is 2.85 bits per heavy atom. The van der Waals surface area contributed by atoms with E-state index in [1.54, 1.807) is 12.1 Å². The minimum atomic E-state index is -0.424. The van der Waals surface area contributed by atoms with Crippen LogP contribution < -0.4 is 5.32 Å². The van der Waals surface area contributed by atoms with Crippen LogP contribution in [-0.2, 0) is 0 Å². The zero-order valence-corrected chi connectivity index (χ0v) is 11.6. The number of hydrogen-bond acceptors (Lipinski definition) is 2. The topological polar surface area (TPSA) is 65.1 Å². The van der Waals surface area contributed by atoms with Crippen LogP contribution in [-0.4, -0.2) is 28.6 Å². The first kappa shape index (κ1) is 14.5. The Bertz CT molecular complexity index is 607. The van der Waals surface area contributed by atoms with E-state index in [1.807, 2.05) is 13.8 Å². The minimum absolute atomic E-state index is 0.169. The zero-order chi connectivity index (χ0) is 14.7. The van der Waals surface area contributed by atoms with Gasteiger partial charge >= 0.3 is 0 Å². The largest absolute Gasteiger partial charge is 0.393 e. The predicted molar refractivity (Wildman–Crippen MR) is 76.1 cm³/mol. The van der Waals surface area contributed by atoms with Gasteiger partial charge in [0, 0.05) is 17.4 Å². The molecule has 0 saturated heterocycles. The number of aliphatic hydroxyl groups is 1. The summed E-state index contributed by atoms with van der Waals surface area (Å²) in [4.78, 5) is 14.9. The molecule has 1 aromatic heterocycles. The summed E-state index contributed by atoms with van der Waals surface area (Å²) in [6, 6.07) is 5.95. The van der Waals surface area contributed by atoms with Crippen molar-refractivity contribution in [1.82, 2.24) is 10.3 Å². The molecule has 2 rings (SSSR count). The molecule has 108 valence electrons. The number of rotatable bonds is 5. The van der Waals surface area contributed by atoms with Crippen molar-refractivity contribution in [3.63, 3.8) is 0 Å². The second-order valence-corrected chi connectivity index (χ2v) is 5.27. The zero-order valence-electron chi connectivity index (χ0n) is 11.6. The van der Waals surface area contributed by atoms with Crippen LogP contribution in [0.3, 0.4) is 0 Å². The fourth-order valence-corrected chi connectivity index (χ4v) is 1.99. The summed E-state index contributed by atoms with van der Waals surface area (Å²) < 4.78 is 13.1. The minimum Gasteiger partial charge on any atom is -0.393 e. The smallest absolute Gasteiger partial charge is 0.267 e. The average Bonchev–Trinajstić information content (AvgIpc) is 2.81. The molecule has 1 atom stereocenters. The number of hydrogen-bond donors (Lipinski definition) is 3. The van der Waals surface area contributed by atoms with Gasteiger partial charge in [0.25, 0.3) is 5.91 Å². The van der Waals surface area contributed by atoms with Crippen molar-refractivity contribution >= 4 is 16.8 Å². The molecule has 1 heterocycles. The Balaban J connectivity index is 1.97. The van der Waals surface area contributed by atoms with Crippen molar-refractivity contribution in [3.8, 4) is 0 Å². The highest BCUT2D eigenvalue weighted by Gasteiger charge is 2.12. The SMILES string of the molecule is CC(C)C(O)CCNC(=O)c1cc2cc(F)ccc2[nH]1. The lowest BCUT2D eigenvalue weighted by Gasteiger charge is -2.14. The number of aliphatic hydroxyl groups excluding tert-OH is 1. The molecular weight excluding hydrogens is 259 g/mol. The van der Waals surface area contributed by atoms with Crippen LogP contribution in [0.15, 0.2) is 24.3 Å². The summed E-state index contributed by atoms with van der Waals surface area (Å²) in [5, 5.41) is 13.1. The van der Waals surface area contributed by atoms with Crippen molar-refractivity contribution in [2.24, 2.45) is 5.92 Å². The molecule has 0 spiro atoms. The Morgan fingerprint density at radius 2 is 2.15 bits per heavy atom. The third kappa shape index (κ3) is 3.36. The number of fused-ring (bicyclic) bond motifs is 1. The van der Waals surface area contributed by atoms with Gasteiger partial charge in [-0.2, -0.15) is 0 Å². The molecule has 1 amide bonds. The van der Waals surface area contributed by atoms with E-state index in [1.165, 1.54) is 12.1 Å². The van der Waals surface area contributed by atoms with E-state index in [-0.39, 0.29) is 17.6 Å². The molecule has 0 fully saturated rings. The molecule has 0 bridgehead atoms. The second kappa shape index (κ2) is 6.05. The van der Waals surface area contributed by atoms with E-state index in [0.717, 1.165) is 5.52 Å². The van der Waals surface area contributed by atoms with Crippen molar-refractivity contribution in [2.45, 2.75) is 26.4 Å². The molecule has 20 heavy (non-hydrogen) atoms. The van der Waals surface area contributed by atoms with Crippen LogP contribution in [0.5, 0.6) is 0 Å². The summed E-state index contributed by atoms with van der Waals surface area (Å²) in [5.74, 6) is -0.413. The molecule has 1 aromatic carbocycles. The lowest BCUT2D eigenvalue weighted by Crippen LogP contribution is -2.28. The van der Waals surface area contributed by atoms with Gasteiger partial charge in [-0.1, -0.05) is 13.8 Å². The first-order valence-corrected chi connectivity index (χ1v) is 6.72. The number of H-pyrrole nitrogens is 1. The van der Waals surface area contributed by atoms with Gasteiger partial charge in [-0.25, -0.2) is 4.39 Å². The van der Waals surface area contributed by atoms with Gasteiger partial charge in [0.1, 0.15) is 11.5 Å². The van der Waals surface area contributed by atoms with Gasteiger partial charge in [0.15, 0.2) is 0 Å². The molecule has 5 heteroatoms. The van der Waals surface area contributed by atoms with E-state index in [4.69, 9.17) is 0 Å². The van der Waals surface area contributed by atoms with Gasteiger partial charge in [0.05, 0.1) is 6.10 Å². The normalized spacial score (nSPS) is 12.8. The van der Waals surface area contributed by atoms with Crippen LogP contribution in [0.2, 0.25) is 0 Å². The number of halogens is 1. The second-order valence-electron chi connectivity index (χ2n) is 5.27. The van der Waals surface area contributed by atoms with Crippen LogP contribution in [0.4, 0.5) is 4.39 Å². The van der Waals surface area contributed by atoms with Crippen molar-refractivity contribution < 1.29 is 14.3 Å². The number of carbonyl (C=O) groups excluding carboxylic acids is 1. The highest BCUT2D eigenvalue weighted by Crippen LogP contribution is 2.16. The molecule has 4 nitrogen and oxygen atoms in total. The summed E-state index contributed by atoms with van der Waals surface area (Å²) >= 11 is 0. The molecule has 2 aromatic rings. The Morgan fingerprint density at radius 1 is 1.40 bits per heavy atom. The maximum absolute atomic E-state index is 13.1. The van der Waals surface area contributed by atoms with Crippen molar-refractivity contribution in [2.75, 3.05) is 6.54 Å². The Kier molecular flexibility index (Phi) is 4.39. The average molecular weight is 278 g/mol. The van der Waals surface area contributed by atoms with E-state index in [0.29, 0.717) is 24.0 Å². The first-order valence-electron chi connectivity index (χ1n) is 6.72. The highest BCUT2D eigenvalue weighted by atomic mass is 19.1. The van der Waals surface area contributed by atoms with Crippen molar-refractivity contribution in [1.29, 1.82) is 0 Å². The van der Waals surface area contributed by atoms with Gasteiger partial charge in [-0.15, -0.1) is 0 Å². The highest BCUT2D eigenvalue weighted by molar-refractivity contribution is 5.97. The van der Waals surface area contributed by atoms with Gasteiger partial charge in [-0.3, -0.25) is 4.79 Å². The number of amides is 1. The van der Waals surface area contributed by atoms with Crippen molar-refractivity contribution in [3.05, 3.63) is 35.8 Å². The Hall–Kier alpha value is -1.88. The third-order valence-electron chi connectivity index (χ3n) is 3.32. The lowest BCUT2D eigenvalue weighted by atomic mass is 10.0. The van der Waals surface area contributed by atoms with E-state index < -0.39 is 6.10 Å². The molecule has 0 saturated carbocycles. The molecule has 0 aliphatic heterocycles. The number of aromatic amines is 1. The number of nitrogens with one attached hydrogen (secondary N) is 2. The van der Waals surface area contributed by atoms with Crippen LogP contribution in [0, 0.1) is 11.7 Å². The molecule has 0 aliphatic carbocycles. The molecule has 0 radical (unpaired) electrons. The van der Waals surface area contributed by atoms with E-state index in [2.05, 4.69) is 10.3 Å². The van der Waals surface area contributed by atoms with Gasteiger partial charge in [0.2, 0.25) is 0 Å². The molecule has 1 unspecified atom stereocenters. The third-order valence-corrected chi connectivity index (χ3v) is 3.32. The van der Waals surface area contributed by atoms with Crippen LogP contribution >= 0.6 is 0 Å². The summed E-state index contributed by atoms with van der Waals surface area (Å²) in [5.41, 5.74) is 1.11. The quantitative estimate of drug-likeness (QED) is 0.786. The standard InChI is InChI=1S/C15H19FN2O2/c1-9(2)14(19)5-6-17-15(20)13-8-10-7-11(16)3-4-12(10)18-13/h3-4,7-9,14,18-19H,5-6H2,1-2H3,(H,17,20). The summed E-state index contributed by atoms with van der Waals surface area (Å²) in [6.45, 7) is 4.26.